The highest BCUT2D eigenvalue weighted by molar-refractivity contribution is 5.92. The van der Waals surface area contributed by atoms with Crippen LogP contribution in [0.5, 0.6) is 0 Å². The number of aliphatic imine (C=N–C) groups is 1. The molecule has 4 nitrogen and oxygen atoms in total. The molecule has 4 heteroatoms. The standard InChI is InChI=1S/C21H26N4/c1-16(2)18-6-5-7-19(14-18)24-21(22)23-15-17-8-10-20(11-9-17)25-12-3-4-13-25/h3-11,14,16H,12-13,15H2,1-2H3,(H3,22,23,24). The maximum Gasteiger partial charge on any atom is 0.193 e. The fraction of sp³-hybridized carbons (Fsp3) is 0.286. The van der Waals surface area contributed by atoms with Crippen LogP contribution in [0.15, 0.2) is 65.7 Å². The van der Waals surface area contributed by atoms with E-state index in [2.05, 4.69) is 77.6 Å². The van der Waals surface area contributed by atoms with Crippen LogP contribution >= 0.6 is 0 Å². The monoisotopic (exact) mass is 334 g/mol. The van der Waals surface area contributed by atoms with Gasteiger partial charge in [0.2, 0.25) is 0 Å². The molecule has 1 aliphatic rings. The van der Waals surface area contributed by atoms with E-state index in [0.717, 1.165) is 24.3 Å². The van der Waals surface area contributed by atoms with Crippen LogP contribution in [0.4, 0.5) is 11.4 Å². The van der Waals surface area contributed by atoms with Crippen molar-refractivity contribution in [3.8, 4) is 0 Å². The first-order valence-electron chi connectivity index (χ1n) is 8.77. The Kier molecular flexibility index (Phi) is 5.39. The third-order valence-electron chi connectivity index (χ3n) is 4.38. The Morgan fingerprint density at radius 3 is 2.52 bits per heavy atom. The molecule has 0 saturated carbocycles. The number of nitrogens with one attached hydrogen (secondary N) is 1. The first-order valence-corrected chi connectivity index (χ1v) is 8.77. The van der Waals surface area contributed by atoms with Crippen molar-refractivity contribution in [3.63, 3.8) is 0 Å². The summed E-state index contributed by atoms with van der Waals surface area (Å²) in [6.07, 6.45) is 4.39. The number of nitrogens with two attached hydrogens (primary N) is 1. The Labute approximate surface area is 150 Å². The van der Waals surface area contributed by atoms with Gasteiger partial charge in [-0.3, -0.25) is 0 Å². The Bertz CT molecular complexity index is 752. The molecule has 1 heterocycles. The van der Waals surface area contributed by atoms with Crippen LogP contribution in [-0.2, 0) is 6.54 Å². The number of anilines is 2. The molecule has 0 saturated heterocycles. The molecule has 130 valence electrons. The van der Waals surface area contributed by atoms with E-state index in [-0.39, 0.29) is 0 Å². The van der Waals surface area contributed by atoms with Crippen molar-refractivity contribution in [2.24, 2.45) is 10.7 Å². The topological polar surface area (TPSA) is 53.6 Å². The summed E-state index contributed by atoms with van der Waals surface area (Å²) in [4.78, 5) is 6.77. The van der Waals surface area contributed by atoms with Crippen molar-refractivity contribution >= 4 is 17.3 Å². The quantitative estimate of drug-likeness (QED) is 0.491. The molecule has 0 unspecified atom stereocenters. The molecule has 3 N–H and O–H groups in total. The molecule has 0 atom stereocenters. The summed E-state index contributed by atoms with van der Waals surface area (Å²) in [7, 11) is 0. The maximum absolute atomic E-state index is 6.03. The van der Waals surface area contributed by atoms with E-state index < -0.39 is 0 Å². The second-order valence-electron chi connectivity index (χ2n) is 6.65. The summed E-state index contributed by atoms with van der Waals surface area (Å²) in [5, 5.41) is 3.17. The van der Waals surface area contributed by atoms with E-state index in [1.807, 2.05) is 12.1 Å². The molecule has 0 aromatic heterocycles. The Hall–Kier alpha value is -2.75. The molecular weight excluding hydrogens is 308 g/mol. The summed E-state index contributed by atoms with van der Waals surface area (Å²) in [6, 6.07) is 16.8. The third kappa shape index (κ3) is 4.63. The molecule has 0 fully saturated rings. The van der Waals surface area contributed by atoms with Gasteiger partial charge >= 0.3 is 0 Å². The van der Waals surface area contributed by atoms with E-state index >= 15 is 0 Å². The van der Waals surface area contributed by atoms with E-state index in [9.17, 15) is 0 Å². The molecule has 0 aliphatic carbocycles. The van der Waals surface area contributed by atoms with Gasteiger partial charge in [0.05, 0.1) is 6.54 Å². The average Bonchev–Trinajstić information content (AvgIpc) is 3.15. The highest BCUT2D eigenvalue weighted by Crippen LogP contribution is 2.19. The van der Waals surface area contributed by atoms with Crippen LogP contribution in [0.2, 0.25) is 0 Å². The zero-order valence-electron chi connectivity index (χ0n) is 14.9. The van der Waals surface area contributed by atoms with Crippen LogP contribution in [0.3, 0.4) is 0 Å². The van der Waals surface area contributed by atoms with E-state index in [0.29, 0.717) is 18.4 Å². The summed E-state index contributed by atoms with van der Waals surface area (Å²) in [5.74, 6) is 0.929. The van der Waals surface area contributed by atoms with Gasteiger partial charge in [0.15, 0.2) is 5.96 Å². The SMILES string of the molecule is CC(C)c1cccc(NC(N)=NCc2ccc(N3CC=CC3)cc2)c1. The minimum atomic E-state index is 0.439. The molecule has 1 aliphatic heterocycles. The average molecular weight is 334 g/mol. The Balaban J connectivity index is 1.58. The van der Waals surface area contributed by atoms with Gasteiger partial charge in [0.1, 0.15) is 0 Å². The highest BCUT2D eigenvalue weighted by Gasteiger charge is 2.07. The molecule has 2 aromatic rings. The van der Waals surface area contributed by atoms with E-state index in [4.69, 9.17) is 5.73 Å². The van der Waals surface area contributed by atoms with Crippen LogP contribution in [0.25, 0.3) is 0 Å². The largest absolute Gasteiger partial charge is 0.370 e. The molecule has 25 heavy (non-hydrogen) atoms. The fourth-order valence-electron chi connectivity index (χ4n) is 2.84. The lowest BCUT2D eigenvalue weighted by Gasteiger charge is -2.17. The summed E-state index contributed by atoms with van der Waals surface area (Å²) in [5.41, 5.74) is 10.7. The van der Waals surface area contributed by atoms with Crippen molar-refractivity contribution in [2.45, 2.75) is 26.3 Å². The van der Waals surface area contributed by atoms with Crippen LogP contribution in [-0.4, -0.2) is 19.0 Å². The number of nitrogens with zero attached hydrogens (tertiary/aromatic N) is 2. The minimum Gasteiger partial charge on any atom is -0.370 e. The second-order valence-corrected chi connectivity index (χ2v) is 6.65. The van der Waals surface area contributed by atoms with Crippen LogP contribution in [0.1, 0.15) is 30.9 Å². The normalized spacial score (nSPS) is 14.4. The van der Waals surface area contributed by atoms with Crippen molar-refractivity contribution in [2.75, 3.05) is 23.3 Å². The lowest BCUT2D eigenvalue weighted by atomic mass is 10.0. The van der Waals surface area contributed by atoms with Crippen molar-refractivity contribution in [1.29, 1.82) is 0 Å². The van der Waals surface area contributed by atoms with Gasteiger partial charge < -0.3 is 16.0 Å². The lowest BCUT2D eigenvalue weighted by molar-refractivity contribution is 0.867. The summed E-state index contributed by atoms with van der Waals surface area (Å²) < 4.78 is 0. The van der Waals surface area contributed by atoms with Crippen molar-refractivity contribution < 1.29 is 0 Å². The van der Waals surface area contributed by atoms with Gasteiger partial charge in [0.25, 0.3) is 0 Å². The maximum atomic E-state index is 6.03. The Morgan fingerprint density at radius 1 is 1.12 bits per heavy atom. The zero-order valence-corrected chi connectivity index (χ0v) is 14.9. The van der Waals surface area contributed by atoms with Gasteiger partial charge in [-0.25, -0.2) is 4.99 Å². The molecule has 0 radical (unpaired) electrons. The number of guanidine groups is 1. The first-order chi connectivity index (χ1) is 12.1. The summed E-state index contributed by atoms with van der Waals surface area (Å²) >= 11 is 0. The predicted octanol–water partition coefficient (Wildman–Crippen LogP) is 4.11. The molecule has 0 spiro atoms. The number of benzene rings is 2. The Morgan fingerprint density at radius 2 is 1.84 bits per heavy atom. The van der Waals surface area contributed by atoms with Gasteiger partial charge in [0, 0.05) is 24.5 Å². The summed E-state index contributed by atoms with van der Waals surface area (Å²) in [6.45, 7) is 6.91. The fourth-order valence-corrected chi connectivity index (χ4v) is 2.84. The molecule has 0 amide bonds. The van der Waals surface area contributed by atoms with E-state index in [1.165, 1.54) is 11.3 Å². The van der Waals surface area contributed by atoms with Crippen LogP contribution in [0, 0.1) is 0 Å². The third-order valence-corrected chi connectivity index (χ3v) is 4.38. The molecule has 2 aromatic carbocycles. The minimum absolute atomic E-state index is 0.439. The van der Waals surface area contributed by atoms with Crippen LogP contribution < -0.4 is 16.0 Å². The second kappa shape index (κ2) is 7.88. The van der Waals surface area contributed by atoms with Gasteiger partial charge in [-0.05, 0) is 41.3 Å². The van der Waals surface area contributed by atoms with Gasteiger partial charge in [-0.1, -0.05) is 50.3 Å². The lowest BCUT2D eigenvalue weighted by Crippen LogP contribution is -2.22. The van der Waals surface area contributed by atoms with Gasteiger partial charge in [-0.15, -0.1) is 0 Å². The molecule has 0 bridgehead atoms. The number of hydrogen-bond donors (Lipinski definition) is 2. The first kappa shape index (κ1) is 17.1. The van der Waals surface area contributed by atoms with E-state index in [1.54, 1.807) is 0 Å². The smallest absolute Gasteiger partial charge is 0.193 e. The number of rotatable bonds is 5. The zero-order chi connectivity index (χ0) is 17.6. The molecule has 3 rings (SSSR count). The number of hydrogen-bond acceptors (Lipinski definition) is 2. The van der Waals surface area contributed by atoms with Gasteiger partial charge in [-0.2, -0.15) is 0 Å². The van der Waals surface area contributed by atoms with Crippen molar-refractivity contribution in [1.82, 2.24) is 0 Å². The molecular formula is C21H26N4. The van der Waals surface area contributed by atoms with Crippen molar-refractivity contribution in [3.05, 3.63) is 71.8 Å². The highest BCUT2D eigenvalue weighted by atomic mass is 15.1. The predicted molar refractivity (Wildman–Crippen MR) is 107 cm³/mol.